The van der Waals surface area contributed by atoms with E-state index in [4.69, 9.17) is 4.52 Å². The lowest BCUT2D eigenvalue weighted by atomic mass is 9.49. The molecule has 0 bridgehead atoms. The van der Waals surface area contributed by atoms with Crippen LogP contribution in [0.3, 0.4) is 0 Å². The van der Waals surface area contributed by atoms with Gasteiger partial charge in [-0.3, -0.25) is 4.79 Å². The molecule has 1 aliphatic heterocycles. The van der Waals surface area contributed by atoms with Gasteiger partial charge in [-0.2, -0.15) is 0 Å². The zero-order valence-corrected chi connectivity index (χ0v) is 16.0. The Kier molecular flexibility index (Phi) is 3.35. The third-order valence-corrected chi connectivity index (χ3v) is 8.25. The summed E-state index contributed by atoms with van der Waals surface area (Å²) in [5.41, 5.74) is 4.27. The molecule has 1 saturated heterocycles. The van der Waals surface area contributed by atoms with Crippen LogP contribution in [0.1, 0.15) is 51.5 Å². The van der Waals surface area contributed by atoms with Gasteiger partial charge in [0, 0.05) is 42.8 Å². The van der Waals surface area contributed by atoms with Crippen LogP contribution in [0.4, 0.5) is 0 Å². The SMILES string of the molecule is CN1C[C@@H]2[C@H](CC[C@]3(C)C(c4cnoc4)=CC[C@@H]23)[C@@]2(C)CCC(=O)C=C12. The molecule has 0 radical (unpaired) electrons. The predicted molar refractivity (Wildman–Crippen MR) is 100.0 cm³/mol. The molecule has 4 aliphatic rings. The number of ketones is 1. The Bertz CT molecular complexity index is 808. The first kappa shape index (κ1) is 16.3. The quantitative estimate of drug-likeness (QED) is 0.756. The normalized spacial score (nSPS) is 41.9. The number of allylic oxidation sites excluding steroid dienone is 4. The van der Waals surface area contributed by atoms with Crippen molar-refractivity contribution in [2.75, 3.05) is 13.6 Å². The summed E-state index contributed by atoms with van der Waals surface area (Å²) in [5, 5.41) is 3.94. The fourth-order valence-electron chi connectivity index (χ4n) is 6.92. The maximum atomic E-state index is 12.0. The largest absolute Gasteiger partial charge is 0.377 e. The first-order valence-electron chi connectivity index (χ1n) is 10.00. The van der Waals surface area contributed by atoms with E-state index in [1.54, 1.807) is 6.26 Å². The van der Waals surface area contributed by atoms with Crippen molar-refractivity contribution in [1.29, 1.82) is 0 Å². The summed E-state index contributed by atoms with van der Waals surface area (Å²) in [7, 11) is 2.19. The third-order valence-electron chi connectivity index (χ3n) is 8.25. The van der Waals surface area contributed by atoms with Crippen molar-refractivity contribution >= 4 is 11.4 Å². The number of rotatable bonds is 1. The first-order chi connectivity index (χ1) is 12.4. The van der Waals surface area contributed by atoms with Crippen LogP contribution in [0.5, 0.6) is 0 Å². The van der Waals surface area contributed by atoms with E-state index >= 15 is 0 Å². The molecule has 0 amide bonds. The van der Waals surface area contributed by atoms with E-state index in [1.165, 1.54) is 24.1 Å². The van der Waals surface area contributed by atoms with E-state index in [9.17, 15) is 4.79 Å². The molecule has 138 valence electrons. The second-order valence-corrected chi connectivity index (χ2v) is 9.39. The molecule has 0 aromatic carbocycles. The number of likely N-dealkylation sites (tertiary alicyclic amines) is 1. The van der Waals surface area contributed by atoms with Crippen molar-refractivity contribution in [1.82, 2.24) is 10.1 Å². The number of nitrogens with zero attached hydrogens (tertiary/aromatic N) is 2. The molecule has 5 atom stereocenters. The minimum Gasteiger partial charge on any atom is -0.377 e. The van der Waals surface area contributed by atoms with Crippen molar-refractivity contribution in [3.05, 3.63) is 35.9 Å². The van der Waals surface area contributed by atoms with Gasteiger partial charge in [-0.1, -0.05) is 25.1 Å². The van der Waals surface area contributed by atoms with Crippen LogP contribution >= 0.6 is 0 Å². The zero-order valence-electron chi connectivity index (χ0n) is 16.0. The van der Waals surface area contributed by atoms with Gasteiger partial charge in [0.05, 0.1) is 6.20 Å². The van der Waals surface area contributed by atoms with Crippen molar-refractivity contribution < 1.29 is 9.32 Å². The Morgan fingerprint density at radius 3 is 2.85 bits per heavy atom. The van der Waals surface area contributed by atoms with Crippen molar-refractivity contribution in [2.45, 2.75) is 46.0 Å². The highest BCUT2D eigenvalue weighted by Crippen LogP contribution is 2.65. The highest BCUT2D eigenvalue weighted by molar-refractivity contribution is 5.91. The lowest BCUT2D eigenvalue weighted by Crippen LogP contribution is -2.56. The molecular formula is C22H28N2O2. The number of aromatic nitrogens is 1. The van der Waals surface area contributed by atoms with Gasteiger partial charge >= 0.3 is 0 Å². The highest BCUT2D eigenvalue weighted by atomic mass is 16.5. The summed E-state index contributed by atoms with van der Waals surface area (Å²) in [6.45, 7) is 5.95. The molecule has 1 aromatic rings. The van der Waals surface area contributed by atoms with Gasteiger partial charge in [-0.05, 0) is 54.4 Å². The summed E-state index contributed by atoms with van der Waals surface area (Å²) < 4.78 is 5.13. The minimum absolute atomic E-state index is 0.160. The maximum Gasteiger partial charge on any atom is 0.157 e. The van der Waals surface area contributed by atoms with Crippen LogP contribution < -0.4 is 0 Å². The highest BCUT2D eigenvalue weighted by Gasteiger charge is 2.58. The fourth-order valence-corrected chi connectivity index (χ4v) is 6.92. The molecule has 2 fully saturated rings. The second-order valence-electron chi connectivity index (χ2n) is 9.39. The molecule has 4 nitrogen and oxygen atoms in total. The monoisotopic (exact) mass is 352 g/mol. The van der Waals surface area contributed by atoms with Gasteiger partial charge in [0.1, 0.15) is 6.26 Å². The Balaban J connectivity index is 1.51. The van der Waals surface area contributed by atoms with Crippen LogP contribution in [0.25, 0.3) is 5.57 Å². The third kappa shape index (κ3) is 2.02. The molecule has 2 heterocycles. The van der Waals surface area contributed by atoms with Crippen molar-refractivity contribution in [3.8, 4) is 0 Å². The molecule has 5 rings (SSSR count). The molecule has 1 saturated carbocycles. The van der Waals surface area contributed by atoms with Crippen LogP contribution in [-0.4, -0.2) is 29.4 Å². The second kappa shape index (κ2) is 5.34. The minimum atomic E-state index is 0.160. The smallest absolute Gasteiger partial charge is 0.157 e. The van der Waals surface area contributed by atoms with Crippen LogP contribution in [-0.2, 0) is 4.79 Å². The summed E-state index contributed by atoms with van der Waals surface area (Å²) in [6, 6.07) is 0. The molecule has 26 heavy (non-hydrogen) atoms. The number of hydrogen-bond acceptors (Lipinski definition) is 4. The van der Waals surface area contributed by atoms with Gasteiger partial charge < -0.3 is 9.42 Å². The summed E-state index contributed by atoms with van der Waals surface area (Å²) in [5.74, 6) is 2.35. The summed E-state index contributed by atoms with van der Waals surface area (Å²) in [6.07, 6.45) is 13.4. The molecular weight excluding hydrogens is 324 g/mol. The lowest BCUT2D eigenvalue weighted by molar-refractivity contribution is -0.118. The standard InChI is InChI=1S/C22H28N2O2/c1-21-9-7-19-16(18(21)5-4-17(21)14-11-23-26-13-14)12-24(3)20-10-15(25)6-8-22(19,20)2/h4,10-11,13,16,18-19H,5-9,12H2,1-3H3/t16-,18-,19-,21+,22+/m0/s1. The van der Waals surface area contributed by atoms with E-state index in [0.29, 0.717) is 30.0 Å². The van der Waals surface area contributed by atoms with Gasteiger partial charge in [-0.15, -0.1) is 0 Å². The first-order valence-corrected chi connectivity index (χ1v) is 10.00. The number of fused-ring (bicyclic) bond motifs is 5. The molecule has 0 N–H and O–H groups in total. The average molecular weight is 352 g/mol. The zero-order chi connectivity index (χ0) is 18.1. The van der Waals surface area contributed by atoms with E-state index in [2.05, 4.69) is 37.0 Å². The number of carbonyl (C=O) groups excluding carboxylic acids is 1. The Morgan fingerprint density at radius 2 is 2.08 bits per heavy atom. The van der Waals surface area contributed by atoms with Gasteiger partial charge in [0.2, 0.25) is 0 Å². The fraction of sp³-hybridized carbons (Fsp3) is 0.636. The summed E-state index contributed by atoms with van der Waals surface area (Å²) in [4.78, 5) is 14.4. The molecule has 0 spiro atoms. The summed E-state index contributed by atoms with van der Waals surface area (Å²) >= 11 is 0. The van der Waals surface area contributed by atoms with Crippen LogP contribution in [0, 0.1) is 28.6 Å². The topological polar surface area (TPSA) is 46.3 Å². The molecule has 3 aliphatic carbocycles. The van der Waals surface area contributed by atoms with Gasteiger partial charge in [0.15, 0.2) is 5.78 Å². The Labute approximate surface area is 155 Å². The van der Waals surface area contributed by atoms with Gasteiger partial charge in [0.25, 0.3) is 0 Å². The number of hydrogen-bond donors (Lipinski definition) is 0. The average Bonchev–Trinajstić information content (AvgIpc) is 3.23. The van der Waals surface area contributed by atoms with E-state index in [1.807, 2.05) is 12.3 Å². The Hall–Kier alpha value is -1.84. The van der Waals surface area contributed by atoms with Crippen molar-refractivity contribution in [2.24, 2.45) is 28.6 Å². The molecule has 1 aromatic heterocycles. The molecule has 4 heteroatoms. The predicted octanol–water partition coefficient (Wildman–Crippen LogP) is 4.31. The van der Waals surface area contributed by atoms with Crippen LogP contribution in [0.15, 0.2) is 34.8 Å². The Morgan fingerprint density at radius 1 is 1.23 bits per heavy atom. The van der Waals surface area contributed by atoms with E-state index in [0.717, 1.165) is 24.9 Å². The van der Waals surface area contributed by atoms with Crippen molar-refractivity contribution in [3.63, 3.8) is 0 Å². The van der Waals surface area contributed by atoms with Crippen LogP contribution in [0.2, 0.25) is 0 Å². The maximum absolute atomic E-state index is 12.0. The van der Waals surface area contributed by atoms with E-state index < -0.39 is 0 Å². The molecule has 0 unspecified atom stereocenters. The van der Waals surface area contributed by atoms with E-state index in [-0.39, 0.29) is 10.8 Å². The number of carbonyl (C=O) groups is 1. The lowest BCUT2D eigenvalue weighted by Gasteiger charge is -2.60. The van der Waals surface area contributed by atoms with Gasteiger partial charge in [-0.25, -0.2) is 0 Å². The number of piperidine rings is 1.